The van der Waals surface area contributed by atoms with Gasteiger partial charge in [-0.15, -0.1) is 0 Å². The van der Waals surface area contributed by atoms with Crippen LogP contribution < -0.4 is 9.47 Å². The van der Waals surface area contributed by atoms with Crippen LogP contribution in [-0.2, 0) is 21.2 Å². The minimum Gasteiger partial charge on any atom is -0.497 e. The maximum absolute atomic E-state index is 12.9. The van der Waals surface area contributed by atoms with Crippen LogP contribution in [0.2, 0.25) is 0 Å². The number of ether oxygens (including phenoxy) is 2. The summed E-state index contributed by atoms with van der Waals surface area (Å²) in [6, 6.07) is 13.4. The normalized spacial score (nSPS) is 16.9. The largest absolute Gasteiger partial charge is 0.497 e. The molecule has 0 N–H and O–H groups in total. The van der Waals surface area contributed by atoms with E-state index in [0.717, 1.165) is 11.0 Å². The minimum absolute atomic E-state index is 0.159. The first-order valence-electron chi connectivity index (χ1n) is 8.92. The standard InChI is InChI=1S/C21H21NO6S/c1-27-19-7-8-20(17(11-19)13-23)28-14-21(24)22(12-16-5-3-2-4-6-16)18-9-10-29(25,26)15-18/h2-11,13,18H,12,14-15H2,1H3/t18-/m0/s1. The number of hydrogen-bond acceptors (Lipinski definition) is 6. The lowest BCUT2D eigenvalue weighted by Crippen LogP contribution is -2.42. The Kier molecular flexibility index (Phi) is 6.33. The zero-order valence-electron chi connectivity index (χ0n) is 15.9. The average molecular weight is 415 g/mol. The molecule has 0 spiro atoms. The molecule has 2 aromatic rings. The summed E-state index contributed by atoms with van der Waals surface area (Å²) in [6.45, 7) is -0.0822. The van der Waals surface area contributed by atoms with Gasteiger partial charge in [0.2, 0.25) is 0 Å². The molecule has 0 radical (unpaired) electrons. The number of carbonyl (C=O) groups is 2. The Hall–Kier alpha value is -3.13. The lowest BCUT2D eigenvalue weighted by molar-refractivity contribution is -0.135. The Labute approximate surface area is 169 Å². The van der Waals surface area contributed by atoms with Gasteiger partial charge in [0.05, 0.1) is 24.5 Å². The molecule has 7 nitrogen and oxygen atoms in total. The Bertz CT molecular complexity index is 1020. The molecule has 2 aromatic carbocycles. The summed E-state index contributed by atoms with van der Waals surface area (Å²) in [6.07, 6.45) is 2.14. The number of aldehydes is 1. The van der Waals surface area contributed by atoms with Crippen molar-refractivity contribution >= 4 is 22.0 Å². The molecule has 1 amide bonds. The highest BCUT2D eigenvalue weighted by atomic mass is 32.2. The zero-order valence-corrected chi connectivity index (χ0v) is 16.7. The van der Waals surface area contributed by atoms with E-state index in [-0.39, 0.29) is 36.1 Å². The van der Waals surface area contributed by atoms with Crippen molar-refractivity contribution in [1.82, 2.24) is 4.90 Å². The number of amides is 1. The predicted molar refractivity (Wildman–Crippen MR) is 108 cm³/mol. The summed E-state index contributed by atoms with van der Waals surface area (Å²) in [5.74, 6) is 0.211. The zero-order chi connectivity index (χ0) is 20.9. The monoisotopic (exact) mass is 415 g/mol. The number of carbonyl (C=O) groups excluding carboxylic acids is 2. The fourth-order valence-electron chi connectivity index (χ4n) is 3.02. The molecule has 3 rings (SSSR count). The van der Waals surface area contributed by atoms with Crippen LogP contribution in [0.1, 0.15) is 15.9 Å². The van der Waals surface area contributed by atoms with E-state index in [4.69, 9.17) is 9.47 Å². The molecule has 0 unspecified atom stereocenters. The number of methoxy groups -OCH3 is 1. The third-order valence-electron chi connectivity index (χ3n) is 4.52. The molecule has 0 bridgehead atoms. The van der Waals surface area contributed by atoms with Gasteiger partial charge in [-0.25, -0.2) is 8.42 Å². The maximum Gasteiger partial charge on any atom is 0.261 e. The molecule has 1 atom stereocenters. The number of hydrogen-bond donors (Lipinski definition) is 0. The maximum atomic E-state index is 12.9. The summed E-state index contributed by atoms with van der Waals surface area (Å²) in [4.78, 5) is 25.7. The highest BCUT2D eigenvalue weighted by Gasteiger charge is 2.30. The second-order valence-electron chi connectivity index (χ2n) is 6.54. The number of benzene rings is 2. The number of sulfone groups is 1. The molecule has 152 valence electrons. The van der Waals surface area contributed by atoms with Gasteiger partial charge in [-0.3, -0.25) is 9.59 Å². The predicted octanol–water partition coefficient (Wildman–Crippen LogP) is 2.23. The molecule has 0 aliphatic carbocycles. The summed E-state index contributed by atoms with van der Waals surface area (Å²) in [7, 11) is -1.84. The van der Waals surface area contributed by atoms with E-state index >= 15 is 0 Å². The molecule has 8 heteroatoms. The van der Waals surface area contributed by atoms with Crippen molar-refractivity contribution in [2.75, 3.05) is 19.5 Å². The summed E-state index contributed by atoms with van der Waals surface area (Å²) in [5.41, 5.74) is 1.13. The van der Waals surface area contributed by atoms with Crippen molar-refractivity contribution in [1.29, 1.82) is 0 Å². The average Bonchev–Trinajstić information content (AvgIpc) is 3.10. The minimum atomic E-state index is -3.33. The summed E-state index contributed by atoms with van der Waals surface area (Å²) in [5, 5.41) is 1.14. The Morgan fingerprint density at radius 1 is 1.21 bits per heavy atom. The van der Waals surface area contributed by atoms with E-state index in [1.807, 2.05) is 30.3 Å². The van der Waals surface area contributed by atoms with E-state index in [9.17, 15) is 18.0 Å². The van der Waals surface area contributed by atoms with Gasteiger partial charge >= 0.3 is 0 Å². The van der Waals surface area contributed by atoms with Gasteiger partial charge in [-0.05, 0) is 29.8 Å². The van der Waals surface area contributed by atoms with Crippen molar-refractivity contribution in [3.63, 3.8) is 0 Å². The smallest absolute Gasteiger partial charge is 0.261 e. The van der Waals surface area contributed by atoms with Crippen molar-refractivity contribution < 1.29 is 27.5 Å². The quantitative estimate of drug-likeness (QED) is 0.614. The Balaban J connectivity index is 1.76. The molecule has 1 aliphatic rings. The molecular weight excluding hydrogens is 394 g/mol. The van der Waals surface area contributed by atoms with Crippen molar-refractivity contribution in [3.05, 3.63) is 71.1 Å². The van der Waals surface area contributed by atoms with Crippen LogP contribution in [0.25, 0.3) is 0 Å². The van der Waals surface area contributed by atoms with E-state index < -0.39 is 15.9 Å². The molecule has 0 aromatic heterocycles. The van der Waals surface area contributed by atoms with Crippen LogP contribution in [0.5, 0.6) is 11.5 Å². The van der Waals surface area contributed by atoms with Gasteiger partial charge in [0.15, 0.2) is 22.7 Å². The molecule has 0 fully saturated rings. The second-order valence-corrected chi connectivity index (χ2v) is 8.47. The first-order valence-corrected chi connectivity index (χ1v) is 10.6. The van der Waals surface area contributed by atoms with E-state index in [0.29, 0.717) is 12.0 Å². The van der Waals surface area contributed by atoms with E-state index in [2.05, 4.69) is 0 Å². The van der Waals surface area contributed by atoms with Crippen molar-refractivity contribution in [2.45, 2.75) is 12.6 Å². The van der Waals surface area contributed by atoms with Crippen LogP contribution in [0.4, 0.5) is 0 Å². The SMILES string of the molecule is COc1ccc(OCC(=O)N(Cc2ccccc2)[C@H]2C=CS(=O)(=O)C2)c(C=O)c1. The highest BCUT2D eigenvalue weighted by molar-refractivity contribution is 7.94. The molecule has 0 saturated heterocycles. The van der Waals surface area contributed by atoms with Crippen LogP contribution >= 0.6 is 0 Å². The molecule has 1 aliphatic heterocycles. The van der Waals surface area contributed by atoms with Crippen molar-refractivity contribution in [3.8, 4) is 11.5 Å². The van der Waals surface area contributed by atoms with Crippen LogP contribution in [0, 0.1) is 0 Å². The Morgan fingerprint density at radius 3 is 2.59 bits per heavy atom. The molecule has 1 heterocycles. The van der Waals surface area contributed by atoms with E-state index in [1.54, 1.807) is 12.1 Å². The molecule has 29 heavy (non-hydrogen) atoms. The van der Waals surface area contributed by atoms with Crippen LogP contribution in [0.3, 0.4) is 0 Å². The van der Waals surface area contributed by atoms with E-state index in [1.165, 1.54) is 24.2 Å². The lowest BCUT2D eigenvalue weighted by atomic mass is 10.1. The Morgan fingerprint density at radius 2 is 1.97 bits per heavy atom. The second kappa shape index (κ2) is 8.91. The first-order chi connectivity index (χ1) is 13.9. The van der Waals surface area contributed by atoms with Gasteiger partial charge in [-0.1, -0.05) is 30.3 Å². The van der Waals surface area contributed by atoms with Crippen LogP contribution in [0.15, 0.2) is 60.0 Å². The molecule has 0 saturated carbocycles. The van der Waals surface area contributed by atoms with Crippen LogP contribution in [-0.4, -0.2) is 51.0 Å². The lowest BCUT2D eigenvalue weighted by Gasteiger charge is -2.27. The van der Waals surface area contributed by atoms with Gasteiger partial charge < -0.3 is 14.4 Å². The van der Waals surface area contributed by atoms with Gasteiger partial charge in [0.25, 0.3) is 5.91 Å². The summed E-state index contributed by atoms with van der Waals surface area (Å²) >= 11 is 0. The third-order valence-corrected chi connectivity index (χ3v) is 5.90. The third kappa shape index (κ3) is 5.23. The number of nitrogens with zero attached hydrogens (tertiary/aromatic N) is 1. The highest BCUT2D eigenvalue weighted by Crippen LogP contribution is 2.23. The van der Waals surface area contributed by atoms with Gasteiger partial charge in [0, 0.05) is 12.0 Å². The first kappa shape index (κ1) is 20.6. The molecular formula is C21H21NO6S. The van der Waals surface area contributed by atoms with Gasteiger partial charge in [0.1, 0.15) is 11.5 Å². The van der Waals surface area contributed by atoms with Crippen molar-refractivity contribution in [2.24, 2.45) is 0 Å². The van der Waals surface area contributed by atoms with Gasteiger partial charge in [-0.2, -0.15) is 0 Å². The number of rotatable bonds is 8. The fourth-order valence-corrected chi connectivity index (χ4v) is 4.32. The fraction of sp³-hybridized carbons (Fsp3) is 0.238. The topological polar surface area (TPSA) is 90.0 Å². The summed E-state index contributed by atoms with van der Waals surface area (Å²) < 4.78 is 34.3.